The second-order valence-corrected chi connectivity index (χ2v) is 4.80. The number of ether oxygens (including phenoxy) is 1. The van der Waals surface area contributed by atoms with Crippen molar-refractivity contribution in [2.24, 2.45) is 0 Å². The van der Waals surface area contributed by atoms with Crippen LogP contribution >= 0.6 is 0 Å². The van der Waals surface area contributed by atoms with Crippen molar-refractivity contribution in [1.29, 1.82) is 5.26 Å². The van der Waals surface area contributed by atoms with Crippen LogP contribution in [0.3, 0.4) is 0 Å². The summed E-state index contributed by atoms with van der Waals surface area (Å²) in [6, 6.07) is 7.16. The van der Waals surface area contributed by atoms with E-state index in [-0.39, 0.29) is 17.4 Å². The summed E-state index contributed by atoms with van der Waals surface area (Å²) in [6.07, 6.45) is -0.711. The van der Waals surface area contributed by atoms with Gasteiger partial charge in [-0.2, -0.15) is 5.26 Å². The van der Waals surface area contributed by atoms with Gasteiger partial charge in [0, 0.05) is 11.6 Å². The van der Waals surface area contributed by atoms with Crippen molar-refractivity contribution in [1.82, 2.24) is 5.32 Å². The first-order valence-corrected chi connectivity index (χ1v) is 6.50. The Morgan fingerprint density at radius 2 is 1.90 bits per heavy atom. The van der Waals surface area contributed by atoms with Crippen LogP contribution in [0.2, 0.25) is 0 Å². The van der Waals surface area contributed by atoms with Crippen LogP contribution < -0.4 is 10.1 Å². The second kappa shape index (κ2) is 6.14. The zero-order valence-corrected chi connectivity index (χ0v) is 10.8. The summed E-state index contributed by atoms with van der Waals surface area (Å²) in [5.41, 5.74) is 0.222. The van der Waals surface area contributed by atoms with E-state index < -0.39 is 12.4 Å². The summed E-state index contributed by atoms with van der Waals surface area (Å²) in [4.78, 5) is 0. The second-order valence-electron chi connectivity index (χ2n) is 4.80. The zero-order chi connectivity index (χ0) is 14.6. The fourth-order valence-electron chi connectivity index (χ4n) is 2.46. The highest BCUT2D eigenvalue weighted by Crippen LogP contribution is 2.31. The van der Waals surface area contributed by atoms with Gasteiger partial charge in [-0.05, 0) is 18.9 Å². The van der Waals surface area contributed by atoms with Gasteiger partial charge in [-0.3, -0.25) is 5.32 Å². The van der Waals surface area contributed by atoms with Crippen molar-refractivity contribution < 1.29 is 17.9 Å². The number of para-hydroxylation sites is 1. The smallest absolute Gasteiger partial charge is 0.405 e. The van der Waals surface area contributed by atoms with Crippen molar-refractivity contribution in [3.63, 3.8) is 0 Å². The Labute approximate surface area is 115 Å². The first kappa shape index (κ1) is 14.7. The molecule has 0 aliphatic heterocycles. The average Bonchev–Trinajstić information content (AvgIpc) is 2.88. The summed E-state index contributed by atoms with van der Waals surface area (Å²) in [6.45, 7) is 0. The number of hydrogen-bond acceptors (Lipinski definition) is 3. The minimum Gasteiger partial charge on any atom is -0.405 e. The molecule has 0 spiro atoms. The van der Waals surface area contributed by atoms with E-state index in [1.807, 2.05) is 6.07 Å². The van der Waals surface area contributed by atoms with E-state index in [0.29, 0.717) is 0 Å². The van der Waals surface area contributed by atoms with E-state index in [0.717, 1.165) is 25.7 Å². The molecule has 2 rings (SSSR count). The molecule has 1 aliphatic carbocycles. The zero-order valence-electron chi connectivity index (χ0n) is 10.8. The van der Waals surface area contributed by atoms with Crippen LogP contribution in [-0.4, -0.2) is 12.4 Å². The molecule has 1 aromatic rings. The third kappa shape index (κ3) is 3.87. The van der Waals surface area contributed by atoms with Gasteiger partial charge >= 0.3 is 6.36 Å². The number of rotatable bonds is 4. The fraction of sp³-hybridized carbons (Fsp3) is 0.500. The standard InChI is InChI=1S/C14H15F3N2O/c15-14(16,17)20-13-8-4-3-7-11(13)12(9-18)19-10-5-1-2-6-10/h3-4,7-8,10,12,19H,1-2,5-6H2. The number of hydrogen-bond donors (Lipinski definition) is 1. The number of nitrogens with one attached hydrogen (secondary N) is 1. The van der Waals surface area contributed by atoms with Crippen molar-refractivity contribution in [2.45, 2.75) is 44.1 Å². The van der Waals surface area contributed by atoms with Gasteiger partial charge in [-0.1, -0.05) is 31.0 Å². The number of nitrogens with zero attached hydrogens (tertiary/aromatic N) is 1. The Bertz CT molecular complexity index is 490. The largest absolute Gasteiger partial charge is 0.573 e. The minimum atomic E-state index is -4.76. The Kier molecular flexibility index (Phi) is 4.50. The molecule has 1 aliphatic rings. The maximum absolute atomic E-state index is 12.4. The lowest BCUT2D eigenvalue weighted by Gasteiger charge is -2.20. The molecule has 0 heterocycles. The number of halogens is 3. The first-order valence-electron chi connectivity index (χ1n) is 6.50. The van der Waals surface area contributed by atoms with Crippen molar-refractivity contribution >= 4 is 0 Å². The highest BCUT2D eigenvalue weighted by Gasteiger charge is 2.33. The van der Waals surface area contributed by atoms with Crippen LogP contribution in [0.1, 0.15) is 37.3 Å². The predicted octanol–water partition coefficient (Wildman–Crippen LogP) is 3.68. The van der Waals surface area contributed by atoms with E-state index in [9.17, 15) is 18.4 Å². The summed E-state index contributed by atoms with van der Waals surface area (Å²) in [5, 5.41) is 12.3. The van der Waals surface area contributed by atoms with Gasteiger partial charge in [0.05, 0.1) is 6.07 Å². The van der Waals surface area contributed by atoms with Crippen molar-refractivity contribution in [3.8, 4) is 11.8 Å². The topological polar surface area (TPSA) is 45.0 Å². The Hall–Kier alpha value is -1.74. The fourth-order valence-corrected chi connectivity index (χ4v) is 2.46. The summed E-state index contributed by atoms with van der Waals surface area (Å²) in [5.74, 6) is -0.322. The highest BCUT2D eigenvalue weighted by atomic mass is 19.4. The molecule has 0 aromatic heterocycles. The van der Waals surface area contributed by atoms with Crippen LogP contribution in [0, 0.1) is 11.3 Å². The SMILES string of the molecule is N#CC(NC1CCCC1)c1ccccc1OC(F)(F)F. The monoisotopic (exact) mass is 284 g/mol. The molecule has 1 atom stereocenters. The molecular formula is C14H15F3N2O. The van der Waals surface area contributed by atoms with Gasteiger partial charge in [-0.15, -0.1) is 13.2 Å². The average molecular weight is 284 g/mol. The number of nitriles is 1. The van der Waals surface area contributed by atoms with Gasteiger partial charge < -0.3 is 4.74 Å². The van der Waals surface area contributed by atoms with Gasteiger partial charge in [0.15, 0.2) is 0 Å². The third-order valence-electron chi connectivity index (χ3n) is 3.34. The van der Waals surface area contributed by atoms with Crippen LogP contribution in [0.15, 0.2) is 24.3 Å². The van der Waals surface area contributed by atoms with Crippen LogP contribution in [0.5, 0.6) is 5.75 Å². The quantitative estimate of drug-likeness (QED) is 0.917. The lowest BCUT2D eigenvalue weighted by atomic mass is 10.1. The molecular weight excluding hydrogens is 269 g/mol. The Morgan fingerprint density at radius 1 is 1.25 bits per heavy atom. The molecule has 20 heavy (non-hydrogen) atoms. The molecule has 6 heteroatoms. The minimum absolute atomic E-state index is 0.179. The van der Waals surface area contributed by atoms with E-state index in [1.54, 1.807) is 6.07 Å². The highest BCUT2D eigenvalue weighted by molar-refractivity contribution is 5.38. The van der Waals surface area contributed by atoms with Gasteiger partial charge in [0.2, 0.25) is 0 Å². The van der Waals surface area contributed by atoms with Crippen LogP contribution in [0.4, 0.5) is 13.2 Å². The summed E-state index contributed by atoms with van der Waals surface area (Å²) < 4.78 is 41.1. The van der Waals surface area contributed by atoms with Crippen molar-refractivity contribution in [3.05, 3.63) is 29.8 Å². The molecule has 108 valence electrons. The van der Waals surface area contributed by atoms with E-state index in [4.69, 9.17) is 0 Å². The van der Waals surface area contributed by atoms with Crippen LogP contribution in [-0.2, 0) is 0 Å². The van der Waals surface area contributed by atoms with Gasteiger partial charge in [-0.25, -0.2) is 0 Å². The first-order chi connectivity index (χ1) is 9.49. The molecule has 0 saturated heterocycles. The van der Waals surface area contributed by atoms with Gasteiger partial charge in [0.1, 0.15) is 11.8 Å². The normalized spacial score (nSPS) is 17.7. The van der Waals surface area contributed by atoms with E-state index >= 15 is 0 Å². The van der Waals surface area contributed by atoms with Gasteiger partial charge in [0.25, 0.3) is 0 Å². The van der Waals surface area contributed by atoms with E-state index in [2.05, 4.69) is 10.1 Å². The molecule has 1 unspecified atom stereocenters. The van der Waals surface area contributed by atoms with Crippen LogP contribution in [0.25, 0.3) is 0 Å². The lowest BCUT2D eigenvalue weighted by molar-refractivity contribution is -0.274. The summed E-state index contributed by atoms with van der Waals surface area (Å²) >= 11 is 0. The molecule has 0 bridgehead atoms. The molecule has 1 aromatic carbocycles. The molecule has 1 saturated carbocycles. The summed E-state index contributed by atoms with van der Waals surface area (Å²) in [7, 11) is 0. The molecule has 1 N–H and O–H groups in total. The molecule has 0 radical (unpaired) electrons. The Morgan fingerprint density at radius 3 is 2.50 bits per heavy atom. The molecule has 1 fully saturated rings. The van der Waals surface area contributed by atoms with Crippen molar-refractivity contribution in [2.75, 3.05) is 0 Å². The number of benzene rings is 1. The molecule has 0 amide bonds. The van der Waals surface area contributed by atoms with E-state index in [1.165, 1.54) is 18.2 Å². The number of alkyl halides is 3. The lowest BCUT2D eigenvalue weighted by Crippen LogP contribution is -2.30. The third-order valence-corrected chi connectivity index (χ3v) is 3.34. The maximum atomic E-state index is 12.4. The maximum Gasteiger partial charge on any atom is 0.573 e. The molecule has 3 nitrogen and oxygen atoms in total. The Balaban J connectivity index is 2.18. The predicted molar refractivity (Wildman–Crippen MR) is 66.9 cm³/mol.